The lowest BCUT2D eigenvalue weighted by Gasteiger charge is -2.67. The van der Waals surface area contributed by atoms with Crippen LogP contribution in [0.25, 0.3) is 0 Å². The predicted molar refractivity (Wildman–Crippen MR) is 157 cm³/mol. The molecule has 0 aromatic heterocycles. The van der Waals surface area contributed by atoms with Crippen molar-refractivity contribution in [1.82, 2.24) is 0 Å². The molecule has 4 aliphatic carbocycles. The number of esters is 3. The fourth-order valence-corrected chi connectivity index (χ4v) is 9.00. The van der Waals surface area contributed by atoms with E-state index in [2.05, 4.69) is 0 Å². The summed E-state index contributed by atoms with van der Waals surface area (Å²) in [6.45, 7) is 8.27. The fraction of sp³-hybridized carbons (Fsp3) is 0.647. The molecule has 0 heterocycles. The molecule has 0 spiro atoms. The number of ketones is 1. The summed E-state index contributed by atoms with van der Waals surface area (Å²) in [7, 11) is 0. The molecule has 10 nitrogen and oxygen atoms in total. The van der Waals surface area contributed by atoms with Gasteiger partial charge >= 0.3 is 17.9 Å². The van der Waals surface area contributed by atoms with Crippen molar-refractivity contribution in [2.45, 2.75) is 121 Å². The molecule has 5 rings (SSSR count). The highest BCUT2D eigenvalue weighted by Crippen LogP contribution is 2.71. The molecule has 44 heavy (non-hydrogen) atoms. The normalized spacial score (nSPS) is 39.2. The number of phenols is 1. The van der Waals surface area contributed by atoms with E-state index in [1.165, 1.54) is 31.2 Å². The van der Waals surface area contributed by atoms with Crippen molar-refractivity contribution in [3.8, 4) is 5.75 Å². The molecule has 0 amide bonds. The zero-order valence-electron chi connectivity index (χ0n) is 26.2. The molecule has 1 aromatic rings. The largest absolute Gasteiger partial charge is 0.508 e. The lowest BCUT2D eigenvalue weighted by atomic mass is 9.42. The number of aliphatic hydroxyl groups is 2. The van der Waals surface area contributed by atoms with Crippen LogP contribution in [0.1, 0.15) is 103 Å². The molecule has 0 radical (unpaired) electrons. The molecule has 0 saturated heterocycles. The van der Waals surface area contributed by atoms with E-state index in [1.807, 2.05) is 13.0 Å². The van der Waals surface area contributed by atoms with E-state index < -0.39 is 57.4 Å². The van der Waals surface area contributed by atoms with E-state index in [4.69, 9.17) is 14.2 Å². The topological polar surface area (TPSA) is 157 Å². The van der Waals surface area contributed by atoms with Gasteiger partial charge in [0.25, 0.3) is 0 Å². The summed E-state index contributed by atoms with van der Waals surface area (Å²) < 4.78 is 17.8. The first kappa shape index (κ1) is 32.2. The molecule has 1 aromatic carbocycles. The second-order valence-electron chi connectivity index (χ2n) is 13.5. The molecule has 0 aliphatic heterocycles. The van der Waals surface area contributed by atoms with Crippen LogP contribution in [0, 0.1) is 16.7 Å². The number of phenolic OH excluding ortho intramolecular Hbond substituents is 1. The molecule has 10 heteroatoms. The van der Waals surface area contributed by atoms with Crippen molar-refractivity contribution in [3.05, 3.63) is 41.5 Å². The first-order chi connectivity index (χ1) is 20.6. The monoisotopic (exact) mass is 612 g/mol. The quantitative estimate of drug-likeness (QED) is 0.230. The van der Waals surface area contributed by atoms with Crippen molar-refractivity contribution < 1.29 is 48.7 Å². The van der Waals surface area contributed by atoms with Gasteiger partial charge in [0.05, 0.1) is 11.0 Å². The number of aromatic hydroxyl groups is 1. The smallest absolute Gasteiger partial charge is 0.338 e. The summed E-state index contributed by atoms with van der Waals surface area (Å²) in [4.78, 5) is 52.0. The number of carbonyl (C=O) groups is 4. The van der Waals surface area contributed by atoms with Gasteiger partial charge < -0.3 is 29.5 Å². The molecule has 0 unspecified atom stereocenters. The summed E-state index contributed by atoms with van der Waals surface area (Å²) in [5, 5.41) is 35.4. The summed E-state index contributed by atoms with van der Waals surface area (Å²) in [6, 6.07) is 5.54. The molecule has 3 saturated carbocycles. The SMILES string of the molecule is CCC(=O)O[C@H]1CC[C@@]2(C)C(=CC[C@]3(O)[C@@H]2C[C@@H](OC(=O)c2ccc(O)cc2)[C@@]2(C)[C@]3(O)CC[C@@]2(OC(=O)CC)C(C)=O)C1. The Morgan fingerprint density at radius 2 is 1.59 bits per heavy atom. The summed E-state index contributed by atoms with van der Waals surface area (Å²) in [5.41, 5.74) is -6.76. The minimum absolute atomic E-state index is 0.0116. The Bertz CT molecular complexity index is 1380. The van der Waals surface area contributed by atoms with Crippen molar-refractivity contribution in [2.75, 3.05) is 0 Å². The number of Topliss-reactive ketones (excluding diaryl/α,β-unsaturated/α-hetero) is 1. The Morgan fingerprint density at radius 3 is 2.20 bits per heavy atom. The Morgan fingerprint density at radius 1 is 0.932 bits per heavy atom. The lowest BCUT2D eigenvalue weighted by molar-refractivity contribution is -0.313. The van der Waals surface area contributed by atoms with Gasteiger partial charge in [0.2, 0.25) is 0 Å². The van der Waals surface area contributed by atoms with Gasteiger partial charge in [-0.2, -0.15) is 0 Å². The number of ether oxygens (including phenoxy) is 3. The van der Waals surface area contributed by atoms with Crippen molar-refractivity contribution in [1.29, 1.82) is 0 Å². The van der Waals surface area contributed by atoms with Gasteiger partial charge in [0.15, 0.2) is 11.4 Å². The van der Waals surface area contributed by atoms with Gasteiger partial charge in [0.1, 0.15) is 29.2 Å². The van der Waals surface area contributed by atoms with Crippen LogP contribution in [-0.2, 0) is 28.6 Å². The maximum Gasteiger partial charge on any atom is 0.338 e. The van der Waals surface area contributed by atoms with Gasteiger partial charge in [-0.25, -0.2) is 4.79 Å². The van der Waals surface area contributed by atoms with E-state index in [0.29, 0.717) is 19.3 Å². The van der Waals surface area contributed by atoms with Gasteiger partial charge in [-0.1, -0.05) is 32.4 Å². The Hall–Kier alpha value is -3.24. The minimum Gasteiger partial charge on any atom is -0.508 e. The van der Waals surface area contributed by atoms with Crippen LogP contribution in [0.15, 0.2) is 35.9 Å². The fourth-order valence-electron chi connectivity index (χ4n) is 9.00. The molecule has 8 atom stereocenters. The van der Waals surface area contributed by atoms with Gasteiger partial charge in [-0.15, -0.1) is 0 Å². The molecular formula is C34H44O10. The predicted octanol–water partition coefficient (Wildman–Crippen LogP) is 4.32. The van der Waals surface area contributed by atoms with Crippen LogP contribution in [0.2, 0.25) is 0 Å². The molecule has 3 N–H and O–H groups in total. The summed E-state index contributed by atoms with van der Waals surface area (Å²) in [6.07, 6.45) is 2.42. The van der Waals surface area contributed by atoms with Crippen molar-refractivity contribution in [2.24, 2.45) is 16.7 Å². The Labute approximate surface area is 257 Å². The second-order valence-corrected chi connectivity index (χ2v) is 13.5. The van der Waals surface area contributed by atoms with Gasteiger partial charge in [-0.05, 0) is 82.1 Å². The van der Waals surface area contributed by atoms with Crippen molar-refractivity contribution >= 4 is 23.7 Å². The van der Waals surface area contributed by atoms with E-state index in [-0.39, 0.29) is 61.9 Å². The van der Waals surface area contributed by atoms with Crippen LogP contribution in [0.4, 0.5) is 0 Å². The highest BCUT2D eigenvalue weighted by Gasteiger charge is 2.83. The van der Waals surface area contributed by atoms with E-state index in [1.54, 1.807) is 20.8 Å². The zero-order chi connectivity index (χ0) is 32.3. The van der Waals surface area contributed by atoms with Crippen LogP contribution in [0.3, 0.4) is 0 Å². The highest BCUT2D eigenvalue weighted by atomic mass is 16.6. The van der Waals surface area contributed by atoms with Gasteiger partial charge in [-0.3, -0.25) is 14.4 Å². The number of fused-ring (bicyclic) bond motifs is 5. The average molecular weight is 613 g/mol. The second kappa shape index (κ2) is 11.0. The summed E-state index contributed by atoms with van der Waals surface area (Å²) >= 11 is 0. The average Bonchev–Trinajstić information content (AvgIpc) is 3.24. The standard InChI is InChI=1S/C34H44O10/c1-6-27(37)42-24-13-14-30(4)22(18-24)12-15-32(40)25(30)19-26(43-29(39)21-8-10-23(36)11-9-21)31(5)33(20(3)35,44-28(38)7-2)16-17-34(31,32)41/h8-12,24-26,36,40-41H,6-7,13-19H2,1-5H3/t24-,25+,26+,30-,31+,32-,33+,34+/m0/s1. The number of hydrogen-bond donors (Lipinski definition) is 3. The first-order valence-electron chi connectivity index (χ1n) is 15.7. The van der Waals surface area contributed by atoms with Crippen LogP contribution in [-0.4, -0.2) is 68.0 Å². The Kier molecular flexibility index (Phi) is 8.03. The molecule has 240 valence electrons. The third kappa shape index (κ3) is 4.42. The van der Waals surface area contributed by atoms with Crippen molar-refractivity contribution in [3.63, 3.8) is 0 Å². The lowest BCUT2D eigenvalue weighted by Crippen LogP contribution is -2.78. The molecular weight excluding hydrogens is 568 g/mol. The molecule has 0 bridgehead atoms. The summed E-state index contributed by atoms with van der Waals surface area (Å²) in [5.74, 6) is -2.77. The van der Waals surface area contributed by atoms with Gasteiger partial charge in [0, 0.05) is 25.2 Å². The van der Waals surface area contributed by atoms with Crippen LogP contribution < -0.4 is 0 Å². The van der Waals surface area contributed by atoms with E-state index in [9.17, 15) is 34.5 Å². The maximum absolute atomic E-state index is 13.6. The number of rotatable bonds is 7. The first-order valence-corrected chi connectivity index (χ1v) is 15.7. The number of hydrogen-bond acceptors (Lipinski definition) is 10. The molecule has 4 aliphatic rings. The number of benzene rings is 1. The molecule has 3 fully saturated rings. The van der Waals surface area contributed by atoms with Crippen LogP contribution in [0.5, 0.6) is 5.75 Å². The third-order valence-corrected chi connectivity index (χ3v) is 11.6. The zero-order valence-corrected chi connectivity index (χ0v) is 26.2. The van der Waals surface area contributed by atoms with E-state index >= 15 is 0 Å². The Balaban J connectivity index is 1.63. The third-order valence-electron chi connectivity index (χ3n) is 11.6. The minimum atomic E-state index is -1.99. The number of carbonyl (C=O) groups excluding carboxylic acids is 4. The van der Waals surface area contributed by atoms with E-state index in [0.717, 1.165) is 5.57 Å². The van der Waals surface area contributed by atoms with Crippen LogP contribution >= 0.6 is 0 Å². The highest BCUT2D eigenvalue weighted by molar-refractivity contribution is 5.91. The maximum atomic E-state index is 13.6.